The fourth-order valence-corrected chi connectivity index (χ4v) is 2.97. The molecular formula is C20H16ClN3O2. The SMILES string of the molecule is COc1ccc(-c2cc3c(=O)n(Cc4ccc(Cl)cc4)ccn3n2)cc1. The third-order valence-electron chi connectivity index (χ3n) is 4.26. The quantitative estimate of drug-likeness (QED) is 0.551. The van der Waals surface area contributed by atoms with Gasteiger partial charge in [-0.25, -0.2) is 4.52 Å². The molecule has 4 rings (SSSR count). The summed E-state index contributed by atoms with van der Waals surface area (Å²) in [6, 6.07) is 16.9. The van der Waals surface area contributed by atoms with E-state index in [0.29, 0.717) is 17.1 Å². The van der Waals surface area contributed by atoms with Crippen LogP contribution in [-0.2, 0) is 6.54 Å². The van der Waals surface area contributed by atoms with E-state index >= 15 is 0 Å². The number of benzene rings is 2. The summed E-state index contributed by atoms with van der Waals surface area (Å²) in [4.78, 5) is 12.8. The Morgan fingerprint density at radius 2 is 1.77 bits per heavy atom. The number of fused-ring (bicyclic) bond motifs is 1. The van der Waals surface area contributed by atoms with Crippen molar-refractivity contribution in [2.45, 2.75) is 6.54 Å². The topological polar surface area (TPSA) is 48.5 Å². The van der Waals surface area contributed by atoms with Gasteiger partial charge >= 0.3 is 0 Å². The summed E-state index contributed by atoms with van der Waals surface area (Å²) in [6.45, 7) is 0.482. The second kappa shape index (κ2) is 6.69. The summed E-state index contributed by atoms with van der Waals surface area (Å²) in [6.07, 6.45) is 3.54. The first-order chi connectivity index (χ1) is 12.6. The molecule has 6 heteroatoms. The van der Waals surface area contributed by atoms with E-state index in [1.54, 1.807) is 28.6 Å². The first-order valence-electron chi connectivity index (χ1n) is 8.12. The maximum atomic E-state index is 12.8. The molecule has 0 fully saturated rings. The minimum Gasteiger partial charge on any atom is -0.497 e. The molecule has 0 spiro atoms. The zero-order chi connectivity index (χ0) is 18.1. The van der Waals surface area contributed by atoms with E-state index in [9.17, 15) is 4.79 Å². The highest BCUT2D eigenvalue weighted by Gasteiger charge is 2.09. The first-order valence-corrected chi connectivity index (χ1v) is 8.49. The number of nitrogens with zero attached hydrogens (tertiary/aromatic N) is 3. The van der Waals surface area contributed by atoms with Crippen LogP contribution < -0.4 is 10.3 Å². The van der Waals surface area contributed by atoms with Crippen LogP contribution in [0, 0.1) is 0 Å². The van der Waals surface area contributed by atoms with Gasteiger partial charge in [0.05, 0.1) is 19.3 Å². The van der Waals surface area contributed by atoms with Crippen LogP contribution in [0.2, 0.25) is 5.02 Å². The van der Waals surface area contributed by atoms with Crippen molar-refractivity contribution in [3.63, 3.8) is 0 Å². The smallest absolute Gasteiger partial charge is 0.276 e. The lowest BCUT2D eigenvalue weighted by Crippen LogP contribution is -2.21. The van der Waals surface area contributed by atoms with Gasteiger partial charge in [-0.2, -0.15) is 5.10 Å². The molecule has 0 atom stereocenters. The summed E-state index contributed by atoms with van der Waals surface area (Å²) in [7, 11) is 1.63. The van der Waals surface area contributed by atoms with Crippen molar-refractivity contribution < 1.29 is 4.74 Å². The summed E-state index contributed by atoms with van der Waals surface area (Å²) < 4.78 is 8.45. The summed E-state index contributed by atoms with van der Waals surface area (Å²) in [5.41, 5.74) is 3.13. The highest BCUT2D eigenvalue weighted by Crippen LogP contribution is 2.21. The van der Waals surface area contributed by atoms with Crippen molar-refractivity contribution in [2.24, 2.45) is 0 Å². The predicted octanol–water partition coefficient (Wildman–Crippen LogP) is 3.87. The highest BCUT2D eigenvalue weighted by atomic mass is 35.5. The largest absolute Gasteiger partial charge is 0.497 e. The average molecular weight is 366 g/mol. The molecule has 2 aromatic heterocycles. The van der Waals surface area contributed by atoms with Crippen molar-refractivity contribution in [1.82, 2.24) is 14.2 Å². The molecule has 130 valence electrons. The minimum absolute atomic E-state index is 0.0882. The summed E-state index contributed by atoms with van der Waals surface area (Å²) in [5.74, 6) is 0.780. The zero-order valence-electron chi connectivity index (χ0n) is 14.1. The summed E-state index contributed by atoms with van der Waals surface area (Å²) in [5, 5.41) is 5.18. The van der Waals surface area contributed by atoms with Crippen molar-refractivity contribution in [1.29, 1.82) is 0 Å². The van der Waals surface area contributed by atoms with E-state index in [1.807, 2.05) is 54.6 Å². The Bertz CT molecular complexity index is 1110. The van der Waals surface area contributed by atoms with E-state index in [0.717, 1.165) is 22.6 Å². The van der Waals surface area contributed by atoms with Crippen LogP contribution >= 0.6 is 11.6 Å². The van der Waals surface area contributed by atoms with Crippen LogP contribution in [0.5, 0.6) is 5.75 Å². The number of halogens is 1. The van der Waals surface area contributed by atoms with Crippen LogP contribution in [0.3, 0.4) is 0 Å². The average Bonchev–Trinajstić information content (AvgIpc) is 3.11. The molecule has 0 aliphatic heterocycles. The Labute approximate surface area is 155 Å². The lowest BCUT2D eigenvalue weighted by Gasteiger charge is -2.06. The Hall–Kier alpha value is -3.05. The van der Waals surface area contributed by atoms with E-state index in [-0.39, 0.29) is 5.56 Å². The fraction of sp³-hybridized carbons (Fsp3) is 0.100. The zero-order valence-corrected chi connectivity index (χ0v) is 14.8. The Morgan fingerprint density at radius 1 is 1.04 bits per heavy atom. The van der Waals surface area contributed by atoms with Crippen molar-refractivity contribution in [2.75, 3.05) is 7.11 Å². The predicted molar refractivity (Wildman–Crippen MR) is 102 cm³/mol. The Kier molecular flexibility index (Phi) is 4.22. The molecule has 2 heterocycles. The molecule has 0 bridgehead atoms. The molecule has 0 radical (unpaired) electrons. The molecule has 0 saturated carbocycles. The van der Waals surface area contributed by atoms with E-state index in [4.69, 9.17) is 16.3 Å². The normalized spacial score (nSPS) is 11.0. The fourth-order valence-electron chi connectivity index (χ4n) is 2.84. The van der Waals surface area contributed by atoms with Gasteiger partial charge in [0.2, 0.25) is 0 Å². The minimum atomic E-state index is -0.0882. The van der Waals surface area contributed by atoms with E-state index in [2.05, 4.69) is 5.10 Å². The van der Waals surface area contributed by atoms with Gasteiger partial charge < -0.3 is 9.30 Å². The number of hydrogen-bond donors (Lipinski definition) is 0. The van der Waals surface area contributed by atoms with E-state index < -0.39 is 0 Å². The van der Waals surface area contributed by atoms with Crippen LogP contribution in [0.1, 0.15) is 5.56 Å². The molecule has 0 saturated heterocycles. The van der Waals surface area contributed by atoms with E-state index in [1.165, 1.54) is 0 Å². The standard InChI is InChI=1S/C20H16ClN3O2/c1-26-17-8-4-15(5-9-17)18-12-19-20(25)23(10-11-24(19)22-18)13-14-2-6-16(21)7-3-14/h2-12H,13H2,1H3. The molecular weight excluding hydrogens is 350 g/mol. The molecule has 0 unspecified atom stereocenters. The molecule has 5 nitrogen and oxygen atoms in total. The number of rotatable bonds is 4. The van der Waals surface area contributed by atoms with Gasteiger partial charge in [-0.15, -0.1) is 0 Å². The third kappa shape index (κ3) is 3.09. The second-order valence-corrected chi connectivity index (χ2v) is 6.38. The number of hydrogen-bond acceptors (Lipinski definition) is 3. The molecule has 2 aromatic carbocycles. The number of ether oxygens (including phenoxy) is 1. The lowest BCUT2D eigenvalue weighted by atomic mass is 10.1. The Morgan fingerprint density at radius 3 is 2.46 bits per heavy atom. The van der Waals surface area contributed by atoms with Crippen LogP contribution in [-0.4, -0.2) is 21.3 Å². The molecule has 4 aromatic rings. The number of aromatic nitrogens is 3. The van der Waals surface area contributed by atoms with Crippen LogP contribution in [0.4, 0.5) is 0 Å². The maximum absolute atomic E-state index is 12.8. The van der Waals surface area contributed by atoms with Gasteiger partial charge in [0.15, 0.2) is 0 Å². The molecule has 0 N–H and O–H groups in total. The van der Waals surface area contributed by atoms with Crippen molar-refractivity contribution in [3.05, 3.63) is 87.9 Å². The Balaban J connectivity index is 1.71. The third-order valence-corrected chi connectivity index (χ3v) is 4.51. The summed E-state index contributed by atoms with van der Waals surface area (Å²) >= 11 is 5.92. The van der Waals surface area contributed by atoms with Crippen molar-refractivity contribution in [3.8, 4) is 17.0 Å². The van der Waals surface area contributed by atoms with Gasteiger partial charge in [-0.3, -0.25) is 4.79 Å². The van der Waals surface area contributed by atoms with Gasteiger partial charge in [0.25, 0.3) is 5.56 Å². The van der Waals surface area contributed by atoms with Gasteiger partial charge in [0, 0.05) is 23.0 Å². The maximum Gasteiger partial charge on any atom is 0.276 e. The lowest BCUT2D eigenvalue weighted by molar-refractivity contribution is 0.415. The highest BCUT2D eigenvalue weighted by molar-refractivity contribution is 6.30. The molecule has 26 heavy (non-hydrogen) atoms. The first kappa shape index (κ1) is 16.4. The van der Waals surface area contributed by atoms with Gasteiger partial charge in [-0.1, -0.05) is 23.7 Å². The van der Waals surface area contributed by atoms with Crippen molar-refractivity contribution >= 4 is 17.1 Å². The van der Waals surface area contributed by atoms with Crippen LogP contribution in [0.25, 0.3) is 16.8 Å². The van der Waals surface area contributed by atoms with Gasteiger partial charge in [0.1, 0.15) is 11.3 Å². The molecule has 0 aliphatic rings. The molecule has 0 aliphatic carbocycles. The number of methoxy groups -OCH3 is 1. The second-order valence-electron chi connectivity index (χ2n) is 5.95. The molecule has 0 amide bonds. The van der Waals surface area contributed by atoms with Crippen LogP contribution in [0.15, 0.2) is 71.8 Å². The monoisotopic (exact) mass is 365 g/mol. The van der Waals surface area contributed by atoms with Gasteiger partial charge in [-0.05, 0) is 48.0 Å².